The molecule has 6 heterocycles. The molecule has 0 spiro atoms. The zero-order valence-electron chi connectivity index (χ0n) is 53.6. The number of ketones is 1. The normalized spacial score (nSPS) is 19.9. The van der Waals surface area contributed by atoms with Gasteiger partial charge in [-0.1, -0.05) is 65.2 Å². The molecule has 0 bridgehead atoms. The van der Waals surface area contributed by atoms with E-state index < -0.39 is 111 Å². The number of ether oxygens (including phenoxy) is 6. The Hall–Kier alpha value is -7.84. The van der Waals surface area contributed by atoms with Crippen molar-refractivity contribution in [3.05, 3.63) is 111 Å². The molecule has 15 N–H and O–H groups in total. The molecule has 2 saturated heterocycles. The van der Waals surface area contributed by atoms with Crippen molar-refractivity contribution >= 4 is 74.6 Å². The first kappa shape index (κ1) is 76.5. The summed E-state index contributed by atoms with van der Waals surface area (Å²) in [6, 6.07) is 5.57. The van der Waals surface area contributed by atoms with Gasteiger partial charge in [-0.3, -0.25) is 49.1 Å². The number of nitro benzene ring substituents is 2. The van der Waals surface area contributed by atoms with Gasteiger partial charge in [0.05, 0.1) is 114 Å². The lowest BCUT2D eigenvalue weighted by atomic mass is 9.83. The molecule has 37 nitrogen and oxygen atoms in total. The Bertz CT molecular complexity index is 4360. The number of benzene rings is 2. The van der Waals surface area contributed by atoms with Gasteiger partial charge < -0.3 is 89.6 Å². The highest BCUT2D eigenvalue weighted by Crippen LogP contribution is 2.66. The number of H-pyrrole nitrogens is 2. The van der Waals surface area contributed by atoms with Crippen molar-refractivity contribution in [2.45, 2.75) is 136 Å². The number of phosphoric acid groups is 3. The monoisotopic (exact) mass is 1420 g/mol. The zero-order chi connectivity index (χ0) is 72.0. The van der Waals surface area contributed by atoms with Crippen molar-refractivity contribution in [1.29, 1.82) is 0 Å². The maximum atomic E-state index is 13.2. The minimum absolute atomic E-state index is 0.00715. The first-order chi connectivity index (χ1) is 45.2. The summed E-state index contributed by atoms with van der Waals surface area (Å²) < 4.78 is 84.9. The lowest BCUT2D eigenvalue weighted by Gasteiger charge is -2.31. The molecule has 6 aromatic rings. The maximum Gasteiger partial charge on any atom is 0.490 e. The average Bonchev–Trinajstić information content (AvgIpc) is 1.76. The van der Waals surface area contributed by atoms with Crippen molar-refractivity contribution in [2.24, 2.45) is 16.6 Å². The van der Waals surface area contributed by atoms with Crippen LogP contribution < -0.4 is 37.8 Å². The van der Waals surface area contributed by atoms with Gasteiger partial charge in [-0.2, -0.15) is 18.6 Å². The zero-order valence-corrected chi connectivity index (χ0v) is 56.3. The van der Waals surface area contributed by atoms with Crippen LogP contribution in [0.4, 0.5) is 23.3 Å². The number of aliphatic hydroxyl groups excluding tert-OH is 3. The van der Waals surface area contributed by atoms with E-state index in [2.05, 4.69) is 56.8 Å². The molecule has 528 valence electrons. The van der Waals surface area contributed by atoms with E-state index in [1.807, 2.05) is 20.8 Å². The van der Waals surface area contributed by atoms with E-state index in [9.17, 15) is 73.4 Å². The number of nitrogens with one attached hydrogen (secondary N) is 2. The fourth-order valence-corrected chi connectivity index (χ4v) is 13.7. The third-order valence-electron chi connectivity index (χ3n) is 14.8. The second kappa shape index (κ2) is 30.9. The second-order valence-corrected chi connectivity index (χ2v) is 28.6. The number of rotatable bonds is 24. The molecule has 40 heteroatoms. The number of nitrogen functional groups attached to an aromatic ring is 2. The van der Waals surface area contributed by atoms with Gasteiger partial charge in [0.1, 0.15) is 41.9 Å². The number of carbonyl (C=O) groups excluding carboxylic acids is 1. The molecule has 4 unspecified atom stereocenters. The fraction of sp³-hybridized carbons (Fsp3) is 0.491. The minimum atomic E-state index is -5.79. The van der Waals surface area contributed by atoms with Crippen LogP contribution in [0, 0.1) is 54.7 Å². The molecule has 2 aliphatic heterocycles. The Morgan fingerprint density at radius 3 is 1.55 bits per heavy atom. The molecular formula is C57H74N11O26P3. The van der Waals surface area contributed by atoms with Crippen LogP contribution in [-0.2, 0) is 63.8 Å². The van der Waals surface area contributed by atoms with Gasteiger partial charge in [0.15, 0.2) is 11.3 Å². The number of nitrogens with two attached hydrogens (primary N) is 3. The van der Waals surface area contributed by atoms with Gasteiger partial charge in [0.25, 0.3) is 22.5 Å². The van der Waals surface area contributed by atoms with E-state index in [-0.39, 0.29) is 125 Å². The predicted molar refractivity (Wildman–Crippen MR) is 341 cm³/mol. The highest BCUT2D eigenvalue weighted by Gasteiger charge is 2.44. The molecular weight excluding hydrogens is 1350 g/mol. The molecule has 2 aromatic carbocycles. The number of Topliss-reactive ketones (excluding diaryl/α,β-unsaturated/α-hetero) is 1. The van der Waals surface area contributed by atoms with E-state index in [1.165, 1.54) is 56.2 Å². The van der Waals surface area contributed by atoms with Crippen molar-refractivity contribution in [3.63, 3.8) is 0 Å². The van der Waals surface area contributed by atoms with E-state index in [0.717, 1.165) is 0 Å². The molecule has 97 heavy (non-hydrogen) atoms. The van der Waals surface area contributed by atoms with Crippen LogP contribution in [0.2, 0.25) is 0 Å². The van der Waals surface area contributed by atoms with E-state index in [1.54, 1.807) is 31.5 Å². The van der Waals surface area contributed by atoms with Crippen LogP contribution in [0.1, 0.15) is 132 Å². The van der Waals surface area contributed by atoms with Gasteiger partial charge in [-0.15, -0.1) is 0 Å². The maximum absolute atomic E-state index is 13.2. The molecule has 2 fully saturated rings. The van der Waals surface area contributed by atoms with Gasteiger partial charge in [-0.25, -0.2) is 13.7 Å². The minimum Gasteiger partial charge on any atom is -0.495 e. The van der Waals surface area contributed by atoms with Crippen molar-refractivity contribution in [3.8, 4) is 35.2 Å². The summed E-state index contributed by atoms with van der Waals surface area (Å²) in [6.45, 7) is 10.6. The van der Waals surface area contributed by atoms with Crippen molar-refractivity contribution < 1.29 is 105 Å². The van der Waals surface area contributed by atoms with Crippen molar-refractivity contribution in [1.82, 2.24) is 29.1 Å². The number of aliphatic hydroxyl groups is 3. The van der Waals surface area contributed by atoms with Crippen LogP contribution in [0.15, 0.2) is 46.2 Å². The molecule has 0 amide bonds. The number of methoxy groups -OCH3 is 2. The Kier molecular flexibility index (Phi) is 24.4. The third kappa shape index (κ3) is 19.1. The highest BCUT2D eigenvalue weighted by atomic mass is 31.3. The largest absolute Gasteiger partial charge is 0.495 e. The molecule has 8 rings (SSSR count). The number of carbonyl (C=O) groups is 1. The topological polar surface area (TPSA) is 559 Å². The first-order valence-electron chi connectivity index (χ1n) is 29.2. The summed E-state index contributed by atoms with van der Waals surface area (Å²) in [4.78, 5) is 111. The standard InChI is InChI=1S/C30H37N5O9.C27H37N6O17P3/c1-16(37)8-6-7-9-17-10-20(35(40)41)19(11-22(17)42-5)26(30(2,3)4)43-15-18-13-34(24-12-21(38)23(14-36)44-24)27-25(18)28(39)33-29(31)32-27;1-27(2,3)23(16-9-19(45-4)14(6-5-7-28)8-17(16)33(36)37)46-12-15-11-32(24-22(15)25(35)31-26(29)30-24)21-10-18(34)20(48-21)13-47-52(41,42)50-53(43,44)49-51(38,39)40/h10-11,13,21,23-24,26,36,38H,6,8,12,14-15H2,1-5H3,(H3,31,32,33,39);8-9,11,18,20-21,23,34H,7,10,12-13,28H2,1-4H3,(H,41,42)(H,43,44)(H2,38,39,40)(H3,29,30,31,35)/t21?,23-,24-,26-;18?,20-,21-,23-/m11/s1. The van der Waals surface area contributed by atoms with Crippen LogP contribution in [0.3, 0.4) is 0 Å². The fourth-order valence-electron chi connectivity index (χ4n) is 10.7. The third-order valence-corrected chi connectivity index (χ3v) is 18.6. The van der Waals surface area contributed by atoms with Gasteiger partial charge in [-0.05, 0) is 29.9 Å². The average molecular weight is 1420 g/mol. The van der Waals surface area contributed by atoms with Gasteiger partial charge in [0.2, 0.25) is 11.9 Å². The molecule has 2 aliphatic rings. The lowest BCUT2D eigenvalue weighted by molar-refractivity contribution is -0.386. The summed E-state index contributed by atoms with van der Waals surface area (Å²) in [5.41, 5.74) is 15.7. The summed E-state index contributed by atoms with van der Waals surface area (Å²) in [5.74, 6) is 11.3. The summed E-state index contributed by atoms with van der Waals surface area (Å²) >= 11 is 0. The Morgan fingerprint density at radius 2 is 1.16 bits per heavy atom. The van der Waals surface area contributed by atoms with Crippen molar-refractivity contribution in [2.75, 3.05) is 45.4 Å². The second-order valence-electron chi connectivity index (χ2n) is 24.2. The molecule has 0 saturated carbocycles. The van der Waals surface area contributed by atoms with Crippen LogP contribution in [0.25, 0.3) is 22.1 Å². The highest BCUT2D eigenvalue weighted by molar-refractivity contribution is 7.66. The van der Waals surface area contributed by atoms with Gasteiger partial charge in [0, 0.05) is 61.3 Å². The number of nitrogens with zero attached hydrogens (tertiary/aromatic N) is 6. The van der Waals surface area contributed by atoms with Crippen LogP contribution >= 0.6 is 23.5 Å². The number of hydrogen-bond donors (Lipinski definition) is 12. The Labute approximate surface area is 551 Å². The van der Waals surface area contributed by atoms with Crippen LogP contribution in [-0.4, -0.2) is 138 Å². The summed E-state index contributed by atoms with van der Waals surface area (Å²) in [5, 5.41) is 55.2. The Balaban J connectivity index is 0.000000278. The lowest BCUT2D eigenvalue weighted by Crippen LogP contribution is -2.26. The number of hydrogen-bond acceptors (Lipinski definition) is 27. The number of anilines is 2. The Morgan fingerprint density at radius 1 is 0.732 bits per heavy atom. The van der Waals surface area contributed by atoms with E-state index in [0.29, 0.717) is 23.3 Å². The number of nitro groups is 2. The molecule has 0 aliphatic carbocycles. The number of phosphoric ester groups is 1. The first-order valence-corrected chi connectivity index (χ1v) is 33.7. The van der Waals surface area contributed by atoms with Gasteiger partial charge >= 0.3 is 23.5 Å². The number of aromatic amines is 2. The molecule has 4 aromatic heterocycles. The number of aromatic nitrogens is 6. The summed E-state index contributed by atoms with van der Waals surface area (Å²) in [7, 11) is -14.1. The smallest absolute Gasteiger partial charge is 0.490 e. The number of fused-ring (bicyclic) bond motifs is 2. The van der Waals surface area contributed by atoms with E-state index in [4.69, 9.17) is 55.4 Å². The van der Waals surface area contributed by atoms with E-state index >= 15 is 0 Å². The predicted octanol–water partition coefficient (Wildman–Crippen LogP) is 4.72. The molecule has 0 radical (unpaired) electrons. The quantitative estimate of drug-likeness (QED) is 0.0169. The summed E-state index contributed by atoms with van der Waals surface area (Å²) in [6.07, 6.45) is -4.72. The van der Waals surface area contributed by atoms with Crippen LogP contribution in [0.5, 0.6) is 11.5 Å². The molecule has 10 atom stereocenters. The SMILES string of the molecule is COc1cc([C@@H](OCc2cn([C@H]3CC(O)[C@@H](CO)O3)c3nc(N)[nH]c(=O)c23)C(C)(C)C)c([N+](=O)[O-])cc1C#CCCC(C)=O.COc1cc([C@@H](OCc2cn([C@H]3CC(O)[C@@H](COP(=O)(O)OP(=O)(O)OP(=O)(O)O)O3)c3nc(N)[nH]c(=O)c23)C(C)(C)C)c([N+](=O)[O-])cc1C#CCN.